The second kappa shape index (κ2) is 3.48. The first-order chi connectivity index (χ1) is 4.81. The molecule has 0 spiro atoms. The number of rotatable bonds is 4. The molecule has 5 nitrogen and oxygen atoms in total. The Balaban J connectivity index is 4.24. The smallest absolute Gasteiger partial charge is 0.294 e. The standard InChI is InChI=1S/C5H12O5S/c1-5(6,3-4-10-2)11(7,8)9/h6H,3-4H2,1-2H3,(H,7,8,9). The molecule has 0 aromatic rings. The van der Waals surface area contributed by atoms with Crippen molar-refractivity contribution in [2.24, 2.45) is 0 Å². The fraction of sp³-hybridized carbons (Fsp3) is 1.00. The second-order valence-electron chi connectivity index (χ2n) is 2.39. The molecule has 1 unspecified atom stereocenters. The maximum absolute atomic E-state index is 10.4. The van der Waals surface area contributed by atoms with E-state index in [9.17, 15) is 8.42 Å². The van der Waals surface area contributed by atoms with E-state index in [-0.39, 0.29) is 13.0 Å². The quantitative estimate of drug-likeness (QED) is 0.582. The number of aliphatic hydroxyl groups is 1. The zero-order valence-electron chi connectivity index (χ0n) is 6.44. The highest BCUT2D eigenvalue weighted by Crippen LogP contribution is 2.15. The monoisotopic (exact) mass is 184 g/mol. The minimum absolute atomic E-state index is 0.0762. The SMILES string of the molecule is COCCC(C)(O)S(=O)(=O)O. The zero-order chi connectivity index (χ0) is 9.12. The molecule has 0 radical (unpaired) electrons. The highest BCUT2D eigenvalue weighted by Gasteiger charge is 2.34. The van der Waals surface area contributed by atoms with Gasteiger partial charge in [0.25, 0.3) is 10.1 Å². The largest absolute Gasteiger partial charge is 0.385 e. The Kier molecular flexibility index (Phi) is 3.43. The molecule has 0 aliphatic heterocycles. The van der Waals surface area contributed by atoms with Crippen LogP contribution < -0.4 is 0 Å². The van der Waals surface area contributed by atoms with Crippen LogP contribution in [0, 0.1) is 0 Å². The van der Waals surface area contributed by atoms with Crippen LogP contribution in [0.1, 0.15) is 13.3 Å². The molecule has 68 valence electrons. The number of methoxy groups -OCH3 is 1. The van der Waals surface area contributed by atoms with Crippen LogP contribution in [0.15, 0.2) is 0 Å². The molecule has 11 heavy (non-hydrogen) atoms. The van der Waals surface area contributed by atoms with Gasteiger partial charge in [0, 0.05) is 13.5 Å². The first-order valence-corrected chi connectivity index (χ1v) is 4.43. The third kappa shape index (κ3) is 3.15. The Morgan fingerprint density at radius 2 is 2.00 bits per heavy atom. The first-order valence-electron chi connectivity index (χ1n) is 2.99. The van der Waals surface area contributed by atoms with Crippen LogP contribution in [0.2, 0.25) is 0 Å². The van der Waals surface area contributed by atoms with Crippen LogP contribution >= 0.6 is 0 Å². The lowest BCUT2D eigenvalue weighted by Crippen LogP contribution is -2.35. The number of hydrogen-bond donors (Lipinski definition) is 2. The molecule has 0 amide bonds. The van der Waals surface area contributed by atoms with E-state index >= 15 is 0 Å². The van der Waals surface area contributed by atoms with Crippen molar-refractivity contribution in [3.05, 3.63) is 0 Å². The number of hydrogen-bond acceptors (Lipinski definition) is 4. The summed E-state index contributed by atoms with van der Waals surface area (Å²) in [6, 6.07) is 0. The average molecular weight is 184 g/mol. The lowest BCUT2D eigenvalue weighted by atomic mass is 10.3. The highest BCUT2D eigenvalue weighted by atomic mass is 32.2. The van der Waals surface area contributed by atoms with Gasteiger partial charge in [0.05, 0.1) is 6.61 Å². The topological polar surface area (TPSA) is 83.8 Å². The van der Waals surface area contributed by atoms with Gasteiger partial charge in [-0.2, -0.15) is 8.42 Å². The second-order valence-corrected chi connectivity index (χ2v) is 4.22. The fourth-order valence-electron chi connectivity index (χ4n) is 0.420. The summed E-state index contributed by atoms with van der Waals surface area (Å²) in [5, 5.41) is 9.06. The molecule has 0 fully saturated rings. The van der Waals surface area contributed by atoms with Crippen molar-refractivity contribution in [2.45, 2.75) is 18.3 Å². The Bertz CT molecular complexity index is 205. The van der Waals surface area contributed by atoms with Crippen molar-refractivity contribution in [2.75, 3.05) is 13.7 Å². The Labute approximate surface area is 65.7 Å². The van der Waals surface area contributed by atoms with E-state index in [0.717, 1.165) is 6.92 Å². The maximum Gasteiger partial charge on any atom is 0.294 e. The fourth-order valence-corrected chi connectivity index (χ4v) is 0.762. The Morgan fingerprint density at radius 3 is 2.27 bits per heavy atom. The molecule has 0 heterocycles. The Hall–Kier alpha value is -0.170. The molecule has 0 saturated carbocycles. The van der Waals surface area contributed by atoms with Crippen LogP contribution in [0.3, 0.4) is 0 Å². The minimum Gasteiger partial charge on any atom is -0.385 e. The van der Waals surface area contributed by atoms with Crippen LogP contribution in [0.25, 0.3) is 0 Å². The van der Waals surface area contributed by atoms with E-state index in [1.165, 1.54) is 7.11 Å². The summed E-state index contributed by atoms with van der Waals surface area (Å²) in [6.45, 7) is 1.09. The predicted octanol–water partition coefficient (Wildman–Crippen LogP) is -0.381. The molecule has 1 atom stereocenters. The van der Waals surface area contributed by atoms with Gasteiger partial charge in [-0.3, -0.25) is 4.55 Å². The van der Waals surface area contributed by atoms with Gasteiger partial charge in [0.15, 0.2) is 4.93 Å². The normalized spacial score (nSPS) is 17.8. The molecule has 0 aliphatic rings. The van der Waals surface area contributed by atoms with E-state index in [2.05, 4.69) is 4.74 Å². The third-order valence-corrected chi connectivity index (χ3v) is 2.64. The van der Waals surface area contributed by atoms with Gasteiger partial charge >= 0.3 is 0 Å². The summed E-state index contributed by atoms with van der Waals surface area (Å²) in [5.41, 5.74) is 0. The average Bonchev–Trinajstić information content (AvgIpc) is 1.81. The van der Waals surface area contributed by atoms with Gasteiger partial charge < -0.3 is 9.84 Å². The van der Waals surface area contributed by atoms with Crippen molar-refractivity contribution in [1.82, 2.24) is 0 Å². The lowest BCUT2D eigenvalue weighted by molar-refractivity contribution is 0.0821. The van der Waals surface area contributed by atoms with E-state index in [1.807, 2.05) is 0 Å². The van der Waals surface area contributed by atoms with E-state index in [1.54, 1.807) is 0 Å². The molecule has 6 heteroatoms. The van der Waals surface area contributed by atoms with E-state index in [4.69, 9.17) is 9.66 Å². The van der Waals surface area contributed by atoms with Crippen LogP contribution in [-0.4, -0.2) is 36.7 Å². The van der Waals surface area contributed by atoms with Gasteiger partial charge in [-0.1, -0.05) is 0 Å². The predicted molar refractivity (Wildman–Crippen MR) is 38.7 cm³/mol. The van der Waals surface area contributed by atoms with Crippen molar-refractivity contribution < 1.29 is 22.8 Å². The van der Waals surface area contributed by atoms with E-state index < -0.39 is 15.1 Å². The van der Waals surface area contributed by atoms with Crippen LogP contribution in [-0.2, 0) is 14.9 Å². The zero-order valence-corrected chi connectivity index (χ0v) is 7.26. The highest BCUT2D eigenvalue weighted by molar-refractivity contribution is 7.87. The third-order valence-electron chi connectivity index (χ3n) is 1.33. The van der Waals surface area contributed by atoms with Crippen LogP contribution in [0.5, 0.6) is 0 Å². The summed E-state index contributed by atoms with van der Waals surface area (Å²) in [6.07, 6.45) is -0.150. The van der Waals surface area contributed by atoms with Gasteiger partial charge in [-0.25, -0.2) is 0 Å². The van der Waals surface area contributed by atoms with E-state index in [0.29, 0.717) is 0 Å². The lowest BCUT2D eigenvalue weighted by Gasteiger charge is -2.18. The molecule has 0 aromatic heterocycles. The summed E-state index contributed by atoms with van der Waals surface area (Å²) >= 11 is 0. The minimum atomic E-state index is -4.40. The van der Waals surface area contributed by atoms with Gasteiger partial charge in [-0.05, 0) is 6.92 Å². The van der Waals surface area contributed by atoms with Gasteiger partial charge in [0.2, 0.25) is 0 Å². The van der Waals surface area contributed by atoms with Crippen molar-refractivity contribution >= 4 is 10.1 Å². The molecule has 0 bridgehead atoms. The van der Waals surface area contributed by atoms with Crippen molar-refractivity contribution in [1.29, 1.82) is 0 Å². The number of ether oxygens (including phenoxy) is 1. The molecular weight excluding hydrogens is 172 g/mol. The summed E-state index contributed by atoms with van der Waals surface area (Å²) in [4.78, 5) is -2.11. The van der Waals surface area contributed by atoms with Crippen molar-refractivity contribution in [3.63, 3.8) is 0 Å². The van der Waals surface area contributed by atoms with Crippen molar-refractivity contribution in [3.8, 4) is 0 Å². The molecule has 0 aliphatic carbocycles. The maximum atomic E-state index is 10.4. The van der Waals surface area contributed by atoms with Gasteiger partial charge in [0.1, 0.15) is 0 Å². The molecule has 0 aromatic carbocycles. The van der Waals surface area contributed by atoms with Gasteiger partial charge in [-0.15, -0.1) is 0 Å². The summed E-state index contributed by atoms with van der Waals surface area (Å²) in [7, 11) is -3.02. The van der Waals surface area contributed by atoms with Crippen LogP contribution in [0.4, 0.5) is 0 Å². The molecule has 2 N–H and O–H groups in total. The summed E-state index contributed by atoms with van der Waals surface area (Å²) in [5.74, 6) is 0. The molecular formula is C5H12O5S. The Morgan fingerprint density at radius 1 is 1.55 bits per heavy atom. The molecule has 0 saturated heterocycles. The first kappa shape index (κ1) is 10.8. The summed E-state index contributed by atoms with van der Waals surface area (Å²) < 4.78 is 33.8. The molecule has 0 rings (SSSR count).